The van der Waals surface area contributed by atoms with Crippen LogP contribution in [0, 0.1) is 0 Å². The second-order valence-corrected chi connectivity index (χ2v) is 7.31. The molecule has 0 unspecified atom stereocenters. The number of pyridine rings is 1. The van der Waals surface area contributed by atoms with Crippen LogP contribution in [-0.4, -0.2) is 25.5 Å². The lowest BCUT2D eigenvalue weighted by Gasteiger charge is -2.14. The minimum Gasteiger partial charge on any atom is -0.506 e. The molecule has 0 atom stereocenters. The van der Waals surface area contributed by atoms with Gasteiger partial charge >= 0.3 is 0 Å². The Morgan fingerprint density at radius 3 is 2.67 bits per heavy atom. The number of nitrogens with zero attached hydrogens (tertiary/aromatic N) is 2. The second kappa shape index (κ2) is 8.41. The summed E-state index contributed by atoms with van der Waals surface area (Å²) < 4.78 is 1.58. The number of imidazole rings is 1. The van der Waals surface area contributed by atoms with Gasteiger partial charge in [0.05, 0.1) is 16.6 Å². The van der Waals surface area contributed by atoms with Crippen LogP contribution in [0.15, 0.2) is 53.3 Å². The summed E-state index contributed by atoms with van der Waals surface area (Å²) in [6.45, 7) is 2.62. The maximum atomic E-state index is 13.2. The summed E-state index contributed by atoms with van der Waals surface area (Å²) in [5, 5.41) is 13.8. The number of amides is 1. The maximum absolute atomic E-state index is 13.2. The smallest absolute Gasteiger partial charge is 0.267 e. The number of anilines is 1. The van der Waals surface area contributed by atoms with Crippen molar-refractivity contribution in [2.45, 2.75) is 39.2 Å². The van der Waals surface area contributed by atoms with Crippen molar-refractivity contribution in [1.29, 1.82) is 0 Å². The fraction of sp³-hybridized carbons (Fsp3) is 0.261. The van der Waals surface area contributed by atoms with E-state index in [1.807, 2.05) is 30.3 Å². The topological polar surface area (TPSA) is 100 Å². The number of hydrogen-bond donors (Lipinski definition) is 3. The van der Waals surface area contributed by atoms with Crippen molar-refractivity contribution in [1.82, 2.24) is 14.5 Å². The largest absolute Gasteiger partial charge is 0.506 e. The lowest BCUT2D eigenvalue weighted by Crippen LogP contribution is -2.30. The Morgan fingerprint density at radius 2 is 1.87 bits per heavy atom. The first-order valence-electron chi connectivity index (χ1n) is 10.2. The summed E-state index contributed by atoms with van der Waals surface area (Å²) in [6.07, 6.45) is 4.01. The highest BCUT2D eigenvalue weighted by atomic mass is 16.3. The van der Waals surface area contributed by atoms with Crippen molar-refractivity contribution in [2.75, 3.05) is 5.32 Å². The van der Waals surface area contributed by atoms with Crippen LogP contribution in [0.2, 0.25) is 0 Å². The molecule has 4 rings (SSSR count). The highest BCUT2D eigenvalue weighted by Crippen LogP contribution is 2.27. The average Bonchev–Trinajstić information content (AvgIpc) is 3.15. The van der Waals surface area contributed by atoms with E-state index in [1.165, 1.54) is 0 Å². The summed E-state index contributed by atoms with van der Waals surface area (Å²) in [4.78, 5) is 33.5. The quantitative estimate of drug-likeness (QED) is 0.397. The Balaban J connectivity index is 1.73. The predicted octanol–water partition coefficient (Wildman–Crippen LogP) is 4.42. The number of fused-ring (bicyclic) bond motifs is 2. The Morgan fingerprint density at radius 1 is 1.10 bits per heavy atom. The number of unbranched alkanes of at least 4 members (excludes halogenated alkanes) is 3. The Labute approximate surface area is 173 Å². The minimum atomic E-state index is -0.690. The fourth-order valence-corrected chi connectivity index (χ4v) is 3.69. The van der Waals surface area contributed by atoms with Crippen LogP contribution in [-0.2, 0) is 6.54 Å². The average molecular weight is 404 g/mol. The molecule has 4 aromatic rings. The van der Waals surface area contributed by atoms with Crippen molar-refractivity contribution in [3.8, 4) is 5.75 Å². The number of para-hydroxylation sites is 3. The van der Waals surface area contributed by atoms with E-state index in [1.54, 1.807) is 22.8 Å². The normalized spacial score (nSPS) is 11.2. The molecule has 3 N–H and O–H groups in total. The number of H-pyrrole nitrogens is 1. The number of benzene rings is 2. The standard InChI is InChI=1S/C23H24N4O3/c1-2-3-4-9-14-27-18-13-8-5-10-15(18)20(28)19(22(27)30)21(29)26-23-24-16-11-6-7-12-17(16)25-23/h5-8,10-13,28H,2-4,9,14H2,1H3,(H2,24,25,26,29). The number of aryl methyl sites for hydroxylation is 1. The van der Waals surface area contributed by atoms with Crippen molar-refractivity contribution in [3.05, 3.63) is 64.4 Å². The lowest BCUT2D eigenvalue weighted by atomic mass is 10.1. The Kier molecular flexibility index (Phi) is 5.52. The molecule has 0 aliphatic rings. The van der Waals surface area contributed by atoms with Crippen LogP contribution >= 0.6 is 0 Å². The minimum absolute atomic E-state index is 0.225. The van der Waals surface area contributed by atoms with Gasteiger partial charge in [-0.1, -0.05) is 50.5 Å². The number of aromatic nitrogens is 3. The fourth-order valence-electron chi connectivity index (χ4n) is 3.69. The number of aromatic hydroxyl groups is 1. The van der Waals surface area contributed by atoms with Crippen molar-refractivity contribution in [2.24, 2.45) is 0 Å². The first kappa shape index (κ1) is 19.7. The van der Waals surface area contributed by atoms with Gasteiger partial charge in [-0.15, -0.1) is 0 Å². The van der Waals surface area contributed by atoms with E-state index in [9.17, 15) is 14.7 Å². The molecule has 1 amide bonds. The van der Waals surface area contributed by atoms with Crippen molar-refractivity contribution in [3.63, 3.8) is 0 Å². The van der Waals surface area contributed by atoms with Gasteiger partial charge in [-0.25, -0.2) is 4.98 Å². The molecule has 0 saturated heterocycles. The van der Waals surface area contributed by atoms with Gasteiger partial charge in [0.1, 0.15) is 11.3 Å². The van der Waals surface area contributed by atoms with Gasteiger partial charge in [-0.05, 0) is 30.7 Å². The second-order valence-electron chi connectivity index (χ2n) is 7.31. The molecule has 2 heterocycles. The van der Waals surface area contributed by atoms with Crippen LogP contribution in [0.25, 0.3) is 21.9 Å². The van der Waals surface area contributed by atoms with E-state index < -0.39 is 11.5 Å². The molecule has 0 saturated carbocycles. The van der Waals surface area contributed by atoms with Gasteiger partial charge in [0, 0.05) is 11.9 Å². The number of rotatable bonds is 7. The Bertz CT molecular complexity index is 1240. The van der Waals surface area contributed by atoms with Gasteiger partial charge in [-0.2, -0.15) is 0 Å². The molecule has 0 bridgehead atoms. The van der Waals surface area contributed by atoms with Gasteiger partial charge in [0.25, 0.3) is 11.5 Å². The summed E-state index contributed by atoms with van der Waals surface area (Å²) in [7, 11) is 0. The molecule has 2 aromatic heterocycles. The molecule has 154 valence electrons. The molecular formula is C23H24N4O3. The molecule has 0 aliphatic heterocycles. The SMILES string of the molecule is CCCCCCn1c(=O)c(C(=O)Nc2nc3ccccc3[nH]2)c(O)c2ccccc21. The van der Waals surface area contributed by atoms with E-state index in [-0.39, 0.29) is 17.3 Å². The zero-order chi connectivity index (χ0) is 21.1. The molecule has 2 aromatic carbocycles. The van der Waals surface area contributed by atoms with E-state index in [4.69, 9.17) is 0 Å². The van der Waals surface area contributed by atoms with Crippen LogP contribution < -0.4 is 10.9 Å². The third-order valence-electron chi connectivity index (χ3n) is 5.23. The summed E-state index contributed by atoms with van der Waals surface area (Å²) in [5.41, 5.74) is 1.31. The molecule has 0 fully saturated rings. The van der Waals surface area contributed by atoms with Crippen LogP contribution in [0.1, 0.15) is 43.0 Å². The lowest BCUT2D eigenvalue weighted by molar-refractivity contribution is 0.102. The monoisotopic (exact) mass is 404 g/mol. The van der Waals surface area contributed by atoms with Gasteiger partial charge < -0.3 is 14.7 Å². The zero-order valence-corrected chi connectivity index (χ0v) is 16.8. The van der Waals surface area contributed by atoms with Crippen molar-refractivity contribution < 1.29 is 9.90 Å². The third kappa shape index (κ3) is 3.66. The molecule has 0 radical (unpaired) electrons. The van der Waals surface area contributed by atoms with Gasteiger partial charge in [-0.3, -0.25) is 14.9 Å². The highest BCUT2D eigenvalue weighted by Gasteiger charge is 2.23. The van der Waals surface area contributed by atoms with Crippen molar-refractivity contribution >= 4 is 33.8 Å². The van der Waals surface area contributed by atoms with Crippen LogP contribution in [0.3, 0.4) is 0 Å². The number of carbonyl (C=O) groups is 1. The van der Waals surface area contributed by atoms with E-state index in [2.05, 4.69) is 22.2 Å². The van der Waals surface area contributed by atoms with E-state index in [0.29, 0.717) is 23.0 Å². The first-order valence-corrected chi connectivity index (χ1v) is 10.2. The molecule has 0 aliphatic carbocycles. The predicted molar refractivity (Wildman–Crippen MR) is 118 cm³/mol. The number of hydrogen-bond acceptors (Lipinski definition) is 4. The maximum Gasteiger partial charge on any atom is 0.267 e. The number of carbonyl (C=O) groups excluding carboxylic acids is 1. The summed E-state index contributed by atoms with van der Waals surface area (Å²) >= 11 is 0. The molecular weight excluding hydrogens is 380 g/mol. The number of aromatic amines is 1. The van der Waals surface area contributed by atoms with Gasteiger partial charge in [0.15, 0.2) is 0 Å². The number of nitrogens with one attached hydrogen (secondary N) is 2. The molecule has 0 spiro atoms. The van der Waals surface area contributed by atoms with E-state index >= 15 is 0 Å². The highest BCUT2D eigenvalue weighted by molar-refractivity contribution is 6.08. The summed E-state index contributed by atoms with van der Waals surface area (Å²) in [5.74, 6) is -0.777. The Hall–Kier alpha value is -3.61. The molecule has 7 nitrogen and oxygen atoms in total. The first-order chi connectivity index (χ1) is 14.6. The zero-order valence-electron chi connectivity index (χ0n) is 16.8. The van der Waals surface area contributed by atoms with Gasteiger partial charge in [0.2, 0.25) is 5.95 Å². The van der Waals surface area contributed by atoms with Crippen LogP contribution in [0.5, 0.6) is 5.75 Å². The van der Waals surface area contributed by atoms with E-state index in [0.717, 1.165) is 31.2 Å². The molecule has 7 heteroatoms. The third-order valence-corrected chi connectivity index (χ3v) is 5.23. The summed E-state index contributed by atoms with van der Waals surface area (Å²) in [6, 6.07) is 14.5. The molecule has 30 heavy (non-hydrogen) atoms. The van der Waals surface area contributed by atoms with Crippen LogP contribution in [0.4, 0.5) is 5.95 Å².